The van der Waals surface area contributed by atoms with E-state index in [1.54, 1.807) is 0 Å². The molecule has 0 saturated heterocycles. The second kappa shape index (κ2) is 5.39. The van der Waals surface area contributed by atoms with Crippen molar-refractivity contribution >= 4 is 0 Å². The van der Waals surface area contributed by atoms with Crippen molar-refractivity contribution < 1.29 is 4.74 Å². The van der Waals surface area contributed by atoms with Crippen LogP contribution in [-0.2, 0) is 13.6 Å². The molecule has 5 nitrogen and oxygen atoms in total. The lowest BCUT2D eigenvalue weighted by molar-refractivity contribution is 0.302. The zero-order chi connectivity index (χ0) is 15.1. The van der Waals surface area contributed by atoms with Gasteiger partial charge in [-0.2, -0.15) is 0 Å². The zero-order valence-corrected chi connectivity index (χ0v) is 13.1. The summed E-state index contributed by atoms with van der Waals surface area (Å²) in [6.45, 7) is 3.71. The normalized spacial score (nSPS) is 21.5. The Labute approximate surface area is 130 Å². The summed E-state index contributed by atoms with van der Waals surface area (Å²) in [5.74, 6) is 4.21. The molecule has 0 unspecified atom stereocenters. The summed E-state index contributed by atoms with van der Waals surface area (Å²) in [6, 6.07) is 8.66. The van der Waals surface area contributed by atoms with E-state index in [0.717, 1.165) is 30.5 Å². The van der Waals surface area contributed by atoms with Crippen LogP contribution >= 0.6 is 0 Å². The maximum Gasteiger partial charge on any atom is 0.146 e. The van der Waals surface area contributed by atoms with Gasteiger partial charge in [-0.1, -0.05) is 18.2 Å². The molecular weight excluding hydrogens is 276 g/mol. The molecule has 1 aromatic carbocycles. The molecule has 1 saturated carbocycles. The monoisotopic (exact) mass is 298 g/mol. The van der Waals surface area contributed by atoms with Crippen molar-refractivity contribution in [2.24, 2.45) is 7.05 Å². The zero-order valence-electron chi connectivity index (χ0n) is 13.1. The first-order valence-corrected chi connectivity index (χ1v) is 8.07. The third kappa shape index (κ3) is 2.39. The number of para-hydroxylation sites is 1. The van der Waals surface area contributed by atoms with Gasteiger partial charge < -0.3 is 14.6 Å². The Morgan fingerprint density at radius 3 is 2.95 bits per heavy atom. The van der Waals surface area contributed by atoms with Gasteiger partial charge in [-0.15, -0.1) is 10.2 Å². The van der Waals surface area contributed by atoms with Gasteiger partial charge in [0.05, 0.1) is 13.2 Å². The first-order chi connectivity index (χ1) is 10.7. The summed E-state index contributed by atoms with van der Waals surface area (Å²) in [5, 5.41) is 12.3. The first kappa shape index (κ1) is 13.8. The van der Waals surface area contributed by atoms with Gasteiger partial charge in [-0.05, 0) is 25.8 Å². The lowest BCUT2D eigenvalue weighted by atomic mass is 9.94. The van der Waals surface area contributed by atoms with Gasteiger partial charge >= 0.3 is 0 Å². The van der Waals surface area contributed by atoms with Gasteiger partial charge in [-0.25, -0.2) is 0 Å². The minimum atomic E-state index is 0.338. The number of aromatic nitrogens is 3. The number of nitrogens with zero attached hydrogens (tertiary/aromatic N) is 3. The predicted octanol–water partition coefficient (Wildman–Crippen LogP) is 2.35. The van der Waals surface area contributed by atoms with Crippen LogP contribution in [0.5, 0.6) is 5.75 Å². The van der Waals surface area contributed by atoms with Crippen LogP contribution in [0.1, 0.15) is 48.8 Å². The average molecular weight is 298 g/mol. The summed E-state index contributed by atoms with van der Waals surface area (Å²) in [5.41, 5.74) is 1.30. The van der Waals surface area contributed by atoms with Crippen molar-refractivity contribution in [3.8, 4) is 5.75 Å². The summed E-state index contributed by atoms with van der Waals surface area (Å²) in [7, 11) is 2.07. The van der Waals surface area contributed by atoms with Crippen LogP contribution in [0, 0.1) is 0 Å². The van der Waals surface area contributed by atoms with Crippen LogP contribution in [-0.4, -0.2) is 27.4 Å². The number of hydrogen-bond acceptors (Lipinski definition) is 4. The van der Waals surface area contributed by atoms with Crippen molar-refractivity contribution in [3.05, 3.63) is 41.5 Å². The van der Waals surface area contributed by atoms with Crippen LogP contribution in [0.4, 0.5) is 0 Å². The molecule has 0 bridgehead atoms. The van der Waals surface area contributed by atoms with Crippen LogP contribution in [0.2, 0.25) is 0 Å². The Hall–Kier alpha value is -1.88. The van der Waals surface area contributed by atoms with Crippen molar-refractivity contribution in [1.82, 2.24) is 20.1 Å². The first-order valence-electron chi connectivity index (χ1n) is 8.07. The van der Waals surface area contributed by atoms with E-state index in [2.05, 4.69) is 46.2 Å². The minimum Gasteiger partial charge on any atom is -0.493 e. The van der Waals surface area contributed by atoms with E-state index in [1.807, 2.05) is 12.1 Å². The molecule has 2 aliphatic rings. The van der Waals surface area contributed by atoms with Gasteiger partial charge in [0.25, 0.3) is 0 Å². The third-order valence-electron chi connectivity index (χ3n) is 4.86. The van der Waals surface area contributed by atoms with Gasteiger partial charge in [0.15, 0.2) is 0 Å². The van der Waals surface area contributed by atoms with Crippen LogP contribution in [0.15, 0.2) is 24.3 Å². The van der Waals surface area contributed by atoms with E-state index in [4.69, 9.17) is 4.74 Å². The number of ether oxygens (including phenoxy) is 1. The number of hydrogen-bond donors (Lipinski definition) is 1. The fourth-order valence-electron chi connectivity index (χ4n) is 3.22. The summed E-state index contributed by atoms with van der Waals surface area (Å²) in [4.78, 5) is 0. The molecule has 1 aliphatic heterocycles. The molecule has 4 rings (SSSR count). The van der Waals surface area contributed by atoms with E-state index in [0.29, 0.717) is 17.9 Å². The van der Waals surface area contributed by atoms with E-state index in [-0.39, 0.29) is 0 Å². The molecule has 1 aliphatic carbocycles. The SMILES string of the molecule is C[C@@H](NCc1nnc(C2CC2)n1C)[C@@H]1COc2ccccc21. The highest BCUT2D eigenvalue weighted by Gasteiger charge is 2.30. The lowest BCUT2D eigenvalue weighted by Crippen LogP contribution is -2.33. The Morgan fingerprint density at radius 1 is 1.32 bits per heavy atom. The van der Waals surface area contributed by atoms with Crippen molar-refractivity contribution in [2.45, 2.75) is 44.2 Å². The molecule has 1 N–H and O–H groups in total. The molecule has 0 amide bonds. The molecule has 2 heterocycles. The topological polar surface area (TPSA) is 52.0 Å². The van der Waals surface area contributed by atoms with Gasteiger partial charge in [0, 0.05) is 30.5 Å². The lowest BCUT2D eigenvalue weighted by Gasteiger charge is -2.19. The maximum absolute atomic E-state index is 5.78. The number of rotatable bonds is 5. The van der Waals surface area contributed by atoms with E-state index in [9.17, 15) is 0 Å². The van der Waals surface area contributed by atoms with Gasteiger partial charge in [0.1, 0.15) is 17.4 Å². The second-order valence-corrected chi connectivity index (χ2v) is 6.43. The summed E-state index contributed by atoms with van der Waals surface area (Å²) < 4.78 is 7.93. The number of fused-ring (bicyclic) bond motifs is 1. The van der Waals surface area contributed by atoms with E-state index in [1.165, 1.54) is 18.4 Å². The summed E-state index contributed by atoms with van der Waals surface area (Å²) in [6.07, 6.45) is 2.51. The molecule has 2 aromatic rings. The predicted molar refractivity (Wildman–Crippen MR) is 84.0 cm³/mol. The average Bonchev–Trinajstić information content (AvgIpc) is 3.17. The highest BCUT2D eigenvalue weighted by atomic mass is 16.5. The number of nitrogens with one attached hydrogen (secondary N) is 1. The fourth-order valence-corrected chi connectivity index (χ4v) is 3.22. The molecule has 116 valence electrons. The Bertz CT molecular complexity index is 677. The van der Waals surface area contributed by atoms with Crippen molar-refractivity contribution in [1.29, 1.82) is 0 Å². The summed E-state index contributed by atoms with van der Waals surface area (Å²) >= 11 is 0. The Kier molecular flexibility index (Phi) is 3.37. The molecule has 2 atom stereocenters. The molecular formula is C17H22N4O. The van der Waals surface area contributed by atoms with E-state index < -0.39 is 0 Å². The van der Waals surface area contributed by atoms with Crippen LogP contribution in [0.25, 0.3) is 0 Å². The van der Waals surface area contributed by atoms with Crippen molar-refractivity contribution in [3.63, 3.8) is 0 Å². The third-order valence-corrected chi connectivity index (χ3v) is 4.86. The number of benzene rings is 1. The second-order valence-electron chi connectivity index (χ2n) is 6.43. The Morgan fingerprint density at radius 2 is 2.14 bits per heavy atom. The minimum absolute atomic E-state index is 0.338. The van der Waals surface area contributed by atoms with Crippen LogP contribution in [0.3, 0.4) is 0 Å². The molecule has 1 fully saturated rings. The molecule has 0 spiro atoms. The standard InChI is InChI=1S/C17H22N4O/c1-11(14-10-22-15-6-4-3-5-13(14)15)18-9-16-19-20-17(21(16)2)12-7-8-12/h3-6,11-12,14,18H,7-10H2,1-2H3/t11-,14+/m1/s1. The molecule has 5 heteroatoms. The largest absolute Gasteiger partial charge is 0.493 e. The van der Waals surface area contributed by atoms with E-state index >= 15 is 0 Å². The van der Waals surface area contributed by atoms with Crippen molar-refractivity contribution in [2.75, 3.05) is 6.61 Å². The smallest absolute Gasteiger partial charge is 0.146 e. The van der Waals surface area contributed by atoms with Gasteiger partial charge in [0.2, 0.25) is 0 Å². The van der Waals surface area contributed by atoms with Crippen LogP contribution < -0.4 is 10.1 Å². The molecule has 1 aromatic heterocycles. The highest BCUT2D eigenvalue weighted by molar-refractivity contribution is 5.40. The Balaban J connectivity index is 1.42. The maximum atomic E-state index is 5.78. The van der Waals surface area contributed by atoms with Gasteiger partial charge in [-0.3, -0.25) is 0 Å². The molecule has 0 radical (unpaired) electrons. The highest BCUT2D eigenvalue weighted by Crippen LogP contribution is 2.39. The fraction of sp³-hybridized carbons (Fsp3) is 0.529. The quantitative estimate of drug-likeness (QED) is 0.920. The molecule has 22 heavy (non-hydrogen) atoms.